The highest BCUT2D eigenvalue weighted by molar-refractivity contribution is 6.42. The second-order valence-corrected chi connectivity index (χ2v) is 6.85. The molecule has 2 aromatic rings. The van der Waals surface area contributed by atoms with Crippen LogP contribution in [0.1, 0.15) is 32.5 Å². The Bertz CT molecular complexity index is 902. The van der Waals surface area contributed by atoms with Crippen molar-refractivity contribution in [2.24, 2.45) is 5.16 Å². The number of nitrogens with zero attached hydrogens (tertiary/aromatic N) is 4. The fourth-order valence-electron chi connectivity index (χ4n) is 3.15. The molecule has 162 valence electrons. The van der Waals surface area contributed by atoms with Gasteiger partial charge in [0.1, 0.15) is 13.2 Å². The van der Waals surface area contributed by atoms with Gasteiger partial charge in [0.05, 0.1) is 30.9 Å². The van der Waals surface area contributed by atoms with Gasteiger partial charge in [-0.1, -0.05) is 30.6 Å². The number of aromatic nitrogens is 2. The quantitative estimate of drug-likeness (QED) is 0.268. The maximum Gasteiger partial charge on any atom is 0.364 e. The number of esters is 1. The van der Waals surface area contributed by atoms with E-state index >= 15 is 0 Å². The highest BCUT2D eigenvalue weighted by atomic mass is 16.6. The first-order valence-electron chi connectivity index (χ1n) is 10.3. The van der Waals surface area contributed by atoms with Gasteiger partial charge in [0.15, 0.2) is 5.82 Å². The number of ether oxygens (including phenoxy) is 2. The summed E-state index contributed by atoms with van der Waals surface area (Å²) in [6.07, 6.45) is 1.75. The molecule has 1 aliphatic heterocycles. The van der Waals surface area contributed by atoms with E-state index in [0.29, 0.717) is 38.4 Å². The molecule has 0 aliphatic carbocycles. The minimum Gasteiger partial charge on any atom is -0.461 e. The van der Waals surface area contributed by atoms with Crippen molar-refractivity contribution in [1.82, 2.24) is 14.5 Å². The molecule has 1 aliphatic rings. The molecular weight excluding hydrogens is 388 g/mol. The van der Waals surface area contributed by atoms with E-state index in [9.17, 15) is 9.59 Å². The Hall–Kier alpha value is -2.94. The summed E-state index contributed by atoms with van der Waals surface area (Å²) in [5.41, 5.74) is 1.35. The molecule has 1 saturated heterocycles. The number of morpholine rings is 1. The first kappa shape index (κ1) is 21.8. The number of benzene rings is 1. The Balaban J connectivity index is 1.97. The van der Waals surface area contributed by atoms with Crippen LogP contribution in [0.2, 0.25) is 0 Å². The van der Waals surface area contributed by atoms with Crippen molar-refractivity contribution in [2.45, 2.75) is 33.2 Å². The first-order valence-corrected chi connectivity index (χ1v) is 10.3. The summed E-state index contributed by atoms with van der Waals surface area (Å²) in [4.78, 5) is 37.2. The number of carbonyl (C=O) groups excluding carboxylic acids is 2. The highest BCUT2D eigenvalue weighted by Crippen LogP contribution is 2.18. The van der Waals surface area contributed by atoms with Gasteiger partial charge in [0.25, 0.3) is 0 Å². The van der Waals surface area contributed by atoms with Crippen LogP contribution >= 0.6 is 0 Å². The summed E-state index contributed by atoms with van der Waals surface area (Å²) >= 11 is 0. The van der Waals surface area contributed by atoms with E-state index in [0.717, 1.165) is 18.4 Å². The van der Waals surface area contributed by atoms with Crippen LogP contribution in [0.4, 0.5) is 0 Å². The van der Waals surface area contributed by atoms with Crippen molar-refractivity contribution in [1.29, 1.82) is 0 Å². The molecule has 9 heteroatoms. The second kappa shape index (κ2) is 10.7. The Morgan fingerprint density at radius 1 is 1.20 bits per heavy atom. The lowest BCUT2D eigenvalue weighted by Gasteiger charge is -2.27. The molecule has 0 unspecified atom stereocenters. The predicted octanol–water partition coefficient (Wildman–Crippen LogP) is 1.98. The summed E-state index contributed by atoms with van der Waals surface area (Å²) in [6.45, 7) is 6.48. The van der Waals surface area contributed by atoms with Crippen LogP contribution in [0.3, 0.4) is 0 Å². The molecule has 1 amide bonds. The number of carbonyl (C=O) groups is 2. The second-order valence-electron chi connectivity index (χ2n) is 6.85. The predicted molar refractivity (Wildman–Crippen MR) is 111 cm³/mol. The Kier molecular flexibility index (Phi) is 7.78. The van der Waals surface area contributed by atoms with E-state index in [4.69, 9.17) is 14.3 Å². The summed E-state index contributed by atoms with van der Waals surface area (Å²) < 4.78 is 12.2. The normalized spacial score (nSPS) is 14.7. The molecule has 1 aromatic heterocycles. The molecule has 1 fully saturated rings. The minimum absolute atomic E-state index is 0.0310. The largest absolute Gasteiger partial charge is 0.461 e. The van der Waals surface area contributed by atoms with Crippen LogP contribution in [0.5, 0.6) is 0 Å². The van der Waals surface area contributed by atoms with Gasteiger partial charge in [-0.05, 0) is 25.5 Å². The zero-order valence-corrected chi connectivity index (χ0v) is 17.5. The third-order valence-electron chi connectivity index (χ3n) is 4.74. The number of imidazole rings is 1. The van der Waals surface area contributed by atoms with E-state index in [1.165, 1.54) is 0 Å². The summed E-state index contributed by atoms with van der Waals surface area (Å²) in [7, 11) is 0. The Morgan fingerprint density at radius 2 is 1.97 bits per heavy atom. The van der Waals surface area contributed by atoms with Crippen LogP contribution in [0, 0.1) is 0 Å². The average molecular weight is 416 g/mol. The Morgan fingerprint density at radius 3 is 2.70 bits per heavy atom. The number of oxime groups is 1. The number of rotatable bonds is 9. The lowest BCUT2D eigenvalue weighted by atomic mass is 10.3. The number of unbranched alkanes of at least 4 members (excludes halogenated alkanes) is 1. The first-order chi connectivity index (χ1) is 14.7. The van der Waals surface area contributed by atoms with E-state index < -0.39 is 5.97 Å². The smallest absolute Gasteiger partial charge is 0.364 e. The molecule has 1 aromatic carbocycles. The zero-order chi connectivity index (χ0) is 21.3. The van der Waals surface area contributed by atoms with Crippen molar-refractivity contribution in [2.75, 3.05) is 39.5 Å². The molecule has 0 atom stereocenters. The van der Waals surface area contributed by atoms with E-state index in [1.807, 2.05) is 31.2 Å². The Labute approximate surface area is 175 Å². The number of fused-ring (bicyclic) bond motifs is 1. The van der Waals surface area contributed by atoms with Gasteiger partial charge >= 0.3 is 5.97 Å². The molecule has 0 bridgehead atoms. The topological polar surface area (TPSA) is 95.2 Å². The van der Waals surface area contributed by atoms with Crippen molar-refractivity contribution in [3.63, 3.8) is 0 Å². The van der Waals surface area contributed by atoms with Gasteiger partial charge in [0.2, 0.25) is 11.6 Å². The van der Waals surface area contributed by atoms with Crippen LogP contribution in [0.15, 0.2) is 29.4 Å². The van der Waals surface area contributed by atoms with E-state index in [-0.39, 0.29) is 30.6 Å². The molecule has 0 N–H and O–H groups in total. The van der Waals surface area contributed by atoms with Crippen molar-refractivity contribution < 1.29 is 23.9 Å². The monoisotopic (exact) mass is 416 g/mol. The molecule has 3 rings (SSSR count). The fraction of sp³-hybridized carbons (Fsp3) is 0.524. The maximum atomic E-state index is 12.9. The third kappa shape index (κ3) is 5.15. The fourth-order valence-corrected chi connectivity index (χ4v) is 3.15. The van der Waals surface area contributed by atoms with Gasteiger partial charge in [-0.25, -0.2) is 9.78 Å². The van der Waals surface area contributed by atoms with Gasteiger partial charge in [-0.3, -0.25) is 4.79 Å². The van der Waals surface area contributed by atoms with Crippen molar-refractivity contribution in [3.8, 4) is 0 Å². The number of amides is 1. The van der Waals surface area contributed by atoms with Gasteiger partial charge in [0, 0.05) is 13.1 Å². The highest BCUT2D eigenvalue weighted by Gasteiger charge is 2.27. The lowest BCUT2D eigenvalue weighted by Crippen LogP contribution is -2.42. The number of para-hydroxylation sites is 2. The van der Waals surface area contributed by atoms with Crippen LogP contribution < -0.4 is 0 Å². The van der Waals surface area contributed by atoms with E-state index in [1.54, 1.807) is 16.4 Å². The summed E-state index contributed by atoms with van der Waals surface area (Å²) in [5, 5.41) is 4.04. The van der Waals surface area contributed by atoms with Crippen LogP contribution in [-0.2, 0) is 30.4 Å². The maximum absolute atomic E-state index is 12.9. The van der Waals surface area contributed by atoms with Gasteiger partial charge in [-0.2, -0.15) is 0 Å². The van der Waals surface area contributed by atoms with Crippen molar-refractivity contribution >= 4 is 28.6 Å². The zero-order valence-electron chi connectivity index (χ0n) is 17.5. The number of hydrogen-bond acceptors (Lipinski definition) is 7. The lowest BCUT2D eigenvalue weighted by molar-refractivity contribution is -0.136. The summed E-state index contributed by atoms with van der Waals surface area (Å²) in [6, 6.07) is 7.41. The van der Waals surface area contributed by atoms with Crippen LogP contribution in [0.25, 0.3) is 11.0 Å². The molecule has 2 heterocycles. The SMILES string of the molecule is CCCCO/N=C(\C(=O)OCC)c1nc2ccccc2n1CC(=O)N1CCOCC1. The number of hydrogen-bond donors (Lipinski definition) is 0. The van der Waals surface area contributed by atoms with E-state index in [2.05, 4.69) is 10.1 Å². The summed E-state index contributed by atoms with van der Waals surface area (Å²) in [5.74, 6) is -0.449. The molecule has 0 radical (unpaired) electrons. The molecule has 0 spiro atoms. The molecular formula is C21H28N4O5. The molecule has 9 nitrogen and oxygen atoms in total. The standard InChI is InChI=1S/C21H28N4O5/c1-3-5-12-30-23-19(21(27)29-4-2)20-22-16-8-6-7-9-17(16)25(20)15-18(26)24-10-13-28-14-11-24/h6-9H,3-5,10-15H2,1-2H3/b23-19-. The minimum atomic E-state index is -0.635. The van der Waals surface area contributed by atoms with Gasteiger partial charge in [-0.15, -0.1) is 0 Å². The third-order valence-corrected chi connectivity index (χ3v) is 4.74. The molecule has 0 saturated carbocycles. The van der Waals surface area contributed by atoms with Crippen LogP contribution in [-0.4, -0.2) is 71.6 Å². The average Bonchev–Trinajstić information content (AvgIpc) is 3.12. The van der Waals surface area contributed by atoms with Gasteiger partial charge < -0.3 is 23.8 Å². The molecule has 30 heavy (non-hydrogen) atoms. The van der Waals surface area contributed by atoms with Crippen molar-refractivity contribution in [3.05, 3.63) is 30.1 Å².